The molecule has 0 bridgehead atoms. The molecule has 0 saturated carbocycles. The molecule has 0 saturated heterocycles. The Morgan fingerprint density at radius 1 is 1.16 bits per heavy atom. The van der Waals surface area contributed by atoms with E-state index < -0.39 is 0 Å². The van der Waals surface area contributed by atoms with Gasteiger partial charge in [-0.2, -0.15) is 0 Å². The first-order valence-electron chi connectivity index (χ1n) is 10.5. The minimum absolute atomic E-state index is 0.142. The molecule has 1 amide bonds. The van der Waals surface area contributed by atoms with E-state index in [9.17, 15) is 4.79 Å². The summed E-state index contributed by atoms with van der Waals surface area (Å²) in [5.74, 6) is 1.61. The summed E-state index contributed by atoms with van der Waals surface area (Å²) in [6.07, 6.45) is 6.25. The Labute approximate surface area is 194 Å². The third-order valence-electron chi connectivity index (χ3n) is 5.38. The van der Waals surface area contributed by atoms with Crippen molar-refractivity contribution in [2.24, 2.45) is 0 Å². The molecule has 0 atom stereocenters. The van der Waals surface area contributed by atoms with Gasteiger partial charge >= 0.3 is 0 Å². The lowest BCUT2D eigenvalue weighted by Gasteiger charge is -2.11. The van der Waals surface area contributed by atoms with Crippen molar-refractivity contribution in [2.45, 2.75) is 38.6 Å². The van der Waals surface area contributed by atoms with Gasteiger partial charge < -0.3 is 9.88 Å². The van der Waals surface area contributed by atoms with Crippen molar-refractivity contribution in [2.75, 3.05) is 5.32 Å². The lowest BCUT2D eigenvalue weighted by Crippen LogP contribution is -2.14. The minimum atomic E-state index is -0.142. The number of halogens is 1. The molecule has 1 aromatic carbocycles. The van der Waals surface area contributed by atoms with Gasteiger partial charge in [0.25, 0.3) is 0 Å². The van der Waals surface area contributed by atoms with E-state index in [0.29, 0.717) is 16.4 Å². The van der Waals surface area contributed by atoms with Crippen molar-refractivity contribution in [3.8, 4) is 22.1 Å². The van der Waals surface area contributed by atoms with Gasteiger partial charge in [0.2, 0.25) is 5.91 Å². The highest BCUT2D eigenvalue weighted by Gasteiger charge is 2.19. The zero-order valence-corrected chi connectivity index (χ0v) is 18.9. The zero-order chi connectivity index (χ0) is 21.9. The van der Waals surface area contributed by atoms with E-state index in [-0.39, 0.29) is 12.3 Å². The van der Waals surface area contributed by atoms with E-state index in [0.717, 1.165) is 53.7 Å². The molecule has 7 nitrogen and oxygen atoms in total. The Hall–Kier alpha value is -3.10. The van der Waals surface area contributed by atoms with Crippen LogP contribution in [-0.4, -0.2) is 30.6 Å². The monoisotopic (exact) mass is 464 g/mol. The number of amides is 1. The van der Waals surface area contributed by atoms with Crippen molar-refractivity contribution < 1.29 is 4.79 Å². The molecule has 1 aliphatic heterocycles. The number of benzene rings is 1. The van der Waals surface area contributed by atoms with Crippen molar-refractivity contribution in [1.29, 1.82) is 0 Å². The van der Waals surface area contributed by atoms with Crippen LogP contribution in [0.5, 0.6) is 0 Å². The minimum Gasteiger partial charge on any atom is -0.326 e. The average molecular weight is 465 g/mol. The number of nitrogens with zero attached hydrogens (tertiary/aromatic N) is 5. The Balaban J connectivity index is 1.32. The summed E-state index contributed by atoms with van der Waals surface area (Å²) in [5, 5.41) is 15.0. The lowest BCUT2D eigenvalue weighted by molar-refractivity contribution is -0.115. The molecule has 0 aliphatic carbocycles. The molecule has 5 rings (SSSR count). The number of hydrogen-bond acceptors (Lipinski definition) is 6. The van der Waals surface area contributed by atoms with Gasteiger partial charge in [-0.15, -0.1) is 21.5 Å². The first kappa shape index (κ1) is 20.8. The van der Waals surface area contributed by atoms with Gasteiger partial charge in [-0.05, 0) is 43.2 Å². The van der Waals surface area contributed by atoms with Crippen LogP contribution in [0.2, 0.25) is 5.02 Å². The predicted octanol–water partition coefficient (Wildman–Crippen LogP) is 5.02. The van der Waals surface area contributed by atoms with Crippen LogP contribution in [0, 0.1) is 0 Å². The smallest absolute Gasteiger partial charge is 0.230 e. The van der Waals surface area contributed by atoms with E-state index in [2.05, 4.69) is 30.0 Å². The number of nitrogens with one attached hydrogen (secondary N) is 1. The molecule has 0 radical (unpaired) electrons. The van der Waals surface area contributed by atoms with Crippen LogP contribution in [0.4, 0.5) is 5.69 Å². The van der Waals surface area contributed by atoms with Crippen LogP contribution < -0.4 is 5.32 Å². The average Bonchev–Trinajstić information content (AvgIpc) is 3.36. The normalized spacial score (nSPS) is 13.4. The van der Waals surface area contributed by atoms with Gasteiger partial charge in [0.1, 0.15) is 10.8 Å². The van der Waals surface area contributed by atoms with Crippen molar-refractivity contribution >= 4 is 34.5 Å². The maximum atomic E-state index is 12.7. The Morgan fingerprint density at radius 2 is 2.09 bits per heavy atom. The molecule has 0 unspecified atom stereocenters. The number of carbonyl (C=O) groups excluding carboxylic acids is 1. The van der Waals surface area contributed by atoms with Crippen LogP contribution >= 0.6 is 22.9 Å². The number of anilines is 1. The topological polar surface area (TPSA) is 85.6 Å². The number of rotatable bonds is 5. The fourth-order valence-corrected chi connectivity index (χ4v) is 4.82. The third-order valence-corrected chi connectivity index (χ3v) is 6.62. The highest BCUT2D eigenvalue weighted by atomic mass is 35.5. The molecular weight excluding hydrogens is 444 g/mol. The maximum absolute atomic E-state index is 12.7. The van der Waals surface area contributed by atoms with Crippen molar-refractivity contribution in [3.63, 3.8) is 0 Å². The molecule has 1 aliphatic rings. The lowest BCUT2D eigenvalue weighted by atomic mass is 10.1. The zero-order valence-electron chi connectivity index (χ0n) is 17.3. The summed E-state index contributed by atoms with van der Waals surface area (Å²) < 4.78 is 2.15. The second-order valence-electron chi connectivity index (χ2n) is 7.68. The number of fused-ring (bicyclic) bond motifs is 1. The summed E-state index contributed by atoms with van der Waals surface area (Å²) >= 11 is 7.97. The van der Waals surface area contributed by atoms with Crippen LogP contribution in [-0.2, 0) is 24.2 Å². The molecule has 32 heavy (non-hydrogen) atoms. The molecule has 3 aromatic heterocycles. The highest BCUT2D eigenvalue weighted by Crippen LogP contribution is 2.31. The largest absolute Gasteiger partial charge is 0.326 e. The van der Waals surface area contributed by atoms with Crippen LogP contribution in [0.3, 0.4) is 0 Å². The summed E-state index contributed by atoms with van der Waals surface area (Å²) in [6, 6.07) is 11.1. The van der Waals surface area contributed by atoms with E-state index in [4.69, 9.17) is 11.6 Å². The van der Waals surface area contributed by atoms with Gasteiger partial charge in [0, 0.05) is 35.8 Å². The maximum Gasteiger partial charge on any atom is 0.230 e. The quantitative estimate of drug-likeness (QED) is 0.448. The van der Waals surface area contributed by atoms with Gasteiger partial charge in [-0.25, -0.2) is 4.98 Å². The second kappa shape index (κ2) is 9.18. The summed E-state index contributed by atoms with van der Waals surface area (Å²) in [6.45, 7) is 0.882. The van der Waals surface area contributed by atoms with Gasteiger partial charge in [0.15, 0.2) is 5.82 Å². The van der Waals surface area contributed by atoms with Crippen LogP contribution in [0.15, 0.2) is 48.0 Å². The number of aryl methyl sites for hydroxylation is 1. The Morgan fingerprint density at radius 3 is 2.97 bits per heavy atom. The number of pyridine rings is 1. The summed E-state index contributed by atoms with van der Waals surface area (Å²) in [4.78, 5) is 21.5. The Bertz CT molecular complexity index is 1250. The summed E-state index contributed by atoms with van der Waals surface area (Å²) in [7, 11) is 0. The van der Waals surface area contributed by atoms with E-state index in [1.54, 1.807) is 18.3 Å². The SMILES string of the molecule is O=C(Cc1csc(-c2ccccn2)n1)Nc1ccc(Cl)c(-c2nnc3n2CCCCC3)c1. The molecule has 4 heterocycles. The van der Waals surface area contributed by atoms with Gasteiger partial charge in [-0.3, -0.25) is 9.78 Å². The number of thiazole rings is 1. The van der Waals surface area contributed by atoms with Crippen molar-refractivity contribution in [1.82, 2.24) is 24.7 Å². The third kappa shape index (κ3) is 4.42. The van der Waals surface area contributed by atoms with Crippen LogP contribution in [0.25, 0.3) is 22.1 Å². The molecule has 9 heteroatoms. The van der Waals surface area contributed by atoms with E-state index >= 15 is 0 Å². The fourth-order valence-electron chi connectivity index (χ4n) is 3.82. The Kier molecular flexibility index (Phi) is 5.96. The molecule has 0 fully saturated rings. The molecule has 0 spiro atoms. The molecular formula is C23H21ClN6OS. The molecule has 1 N–H and O–H groups in total. The van der Waals surface area contributed by atoms with Gasteiger partial charge in [-0.1, -0.05) is 24.1 Å². The van der Waals surface area contributed by atoms with E-state index in [1.807, 2.05) is 29.6 Å². The van der Waals surface area contributed by atoms with Crippen LogP contribution in [0.1, 0.15) is 30.8 Å². The first-order chi connectivity index (χ1) is 15.7. The number of carbonyl (C=O) groups is 1. The fraction of sp³-hybridized carbons (Fsp3) is 0.261. The number of hydrogen-bond donors (Lipinski definition) is 1. The van der Waals surface area contributed by atoms with E-state index in [1.165, 1.54) is 17.8 Å². The number of aromatic nitrogens is 5. The molecule has 162 valence electrons. The predicted molar refractivity (Wildman–Crippen MR) is 126 cm³/mol. The van der Waals surface area contributed by atoms with Gasteiger partial charge in [0.05, 0.1) is 22.8 Å². The standard InChI is InChI=1S/C23H21ClN6OS/c24-18-9-8-15(12-17(18)22-29-28-20-7-2-1-5-11-30(20)22)26-21(31)13-16-14-32-23(27-16)19-6-3-4-10-25-19/h3-4,6,8-10,12,14H,1-2,5,7,11,13H2,(H,26,31). The second-order valence-corrected chi connectivity index (χ2v) is 8.95. The first-order valence-corrected chi connectivity index (χ1v) is 11.8. The molecule has 4 aromatic rings. The highest BCUT2D eigenvalue weighted by molar-refractivity contribution is 7.13. The summed E-state index contributed by atoms with van der Waals surface area (Å²) in [5.41, 5.74) is 2.96. The van der Waals surface area contributed by atoms with Crippen molar-refractivity contribution in [3.05, 3.63) is 64.5 Å².